The van der Waals surface area contributed by atoms with E-state index in [1.807, 2.05) is 6.92 Å². The summed E-state index contributed by atoms with van der Waals surface area (Å²) in [6, 6.07) is 13.7. The maximum Gasteiger partial charge on any atom is 0.251 e. The van der Waals surface area contributed by atoms with E-state index in [0.29, 0.717) is 11.3 Å². The molecule has 0 radical (unpaired) electrons. The Morgan fingerprint density at radius 3 is 2.57 bits per heavy atom. The van der Waals surface area contributed by atoms with E-state index in [9.17, 15) is 4.79 Å². The molecule has 0 heterocycles. The van der Waals surface area contributed by atoms with E-state index in [1.54, 1.807) is 24.3 Å². The third-order valence-corrected chi connectivity index (χ3v) is 4.37. The number of aryl methyl sites for hydroxylation is 2. The summed E-state index contributed by atoms with van der Waals surface area (Å²) >= 11 is 0. The zero-order valence-electron chi connectivity index (χ0n) is 13.3. The summed E-state index contributed by atoms with van der Waals surface area (Å²) in [4.78, 5) is 12.3. The van der Waals surface area contributed by atoms with Crippen molar-refractivity contribution in [3.8, 4) is 0 Å². The summed E-state index contributed by atoms with van der Waals surface area (Å²) in [5, 5.41) is 3.05. The number of rotatable bonds is 3. The molecule has 0 spiro atoms. The van der Waals surface area contributed by atoms with Crippen LogP contribution < -0.4 is 11.1 Å². The number of carbonyl (C=O) groups excluding carboxylic acids is 1. The lowest BCUT2D eigenvalue weighted by Crippen LogP contribution is -2.26. The van der Waals surface area contributed by atoms with Crippen molar-refractivity contribution in [1.82, 2.24) is 5.32 Å². The minimum atomic E-state index is -0.0856. The van der Waals surface area contributed by atoms with Gasteiger partial charge in [0.05, 0.1) is 6.04 Å². The second-order valence-corrected chi connectivity index (χ2v) is 6.06. The van der Waals surface area contributed by atoms with Crippen molar-refractivity contribution in [3.63, 3.8) is 0 Å². The van der Waals surface area contributed by atoms with Gasteiger partial charge in [0, 0.05) is 11.3 Å². The smallest absolute Gasteiger partial charge is 0.251 e. The topological polar surface area (TPSA) is 55.1 Å². The predicted octanol–water partition coefficient (Wildman–Crippen LogP) is 4.06. The van der Waals surface area contributed by atoms with Gasteiger partial charge in [-0.2, -0.15) is 0 Å². The Bertz CT molecular complexity index is 700. The molecule has 1 aliphatic rings. The fraction of sp³-hybridized carbons (Fsp3) is 0.316. The summed E-state index contributed by atoms with van der Waals surface area (Å²) in [5.41, 5.74) is 11.0. The Hall–Kier alpha value is -2.00. The van der Waals surface area contributed by atoms with Crippen molar-refractivity contribution in [2.45, 2.75) is 38.6 Å². The number of nitrogens with two attached hydrogens (primary N) is 1. The fourth-order valence-corrected chi connectivity index (χ4v) is 3.07. The molecule has 3 rings (SSSR count). The largest absolute Gasteiger partial charge is 0.399 e. The summed E-state index contributed by atoms with van der Waals surface area (Å²) in [7, 11) is 0. The first kappa shape index (κ1) is 17.4. The molecule has 1 aliphatic carbocycles. The van der Waals surface area contributed by atoms with E-state index in [-0.39, 0.29) is 24.4 Å². The van der Waals surface area contributed by atoms with Gasteiger partial charge < -0.3 is 11.1 Å². The van der Waals surface area contributed by atoms with Gasteiger partial charge in [-0.15, -0.1) is 12.4 Å². The van der Waals surface area contributed by atoms with E-state index < -0.39 is 0 Å². The molecule has 0 saturated heterocycles. The van der Waals surface area contributed by atoms with Gasteiger partial charge in [0.15, 0.2) is 0 Å². The lowest BCUT2D eigenvalue weighted by molar-refractivity contribution is 0.0940. The van der Waals surface area contributed by atoms with Gasteiger partial charge in [-0.3, -0.25) is 4.79 Å². The first-order valence-electron chi connectivity index (χ1n) is 7.91. The third-order valence-electron chi connectivity index (χ3n) is 4.37. The number of hydrogen-bond acceptors (Lipinski definition) is 2. The van der Waals surface area contributed by atoms with E-state index >= 15 is 0 Å². The second-order valence-electron chi connectivity index (χ2n) is 6.06. The lowest BCUT2D eigenvalue weighted by atomic mass is 9.89. The number of benzene rings is 2. The summed E-state index contributed by atoms with van der Waals surface area (Å²) < 4.78 is 0. The molecular weight excluding hydrogens is 308 g/mol. The maximum absolute atomic E-state index is 12.3. The quantitative estimate of drug-likeness (QED) is 0.834. The van der Waals surface area contributed by atoms with Gasteiger partial charge >= 0.3 is 0 Å². The van der Waals surface area contributed by atoms with Gasteiger partial charge in [-0.05, 0) is 67.5 Å². The molecule has 1 unspecified atom stereocenters. The number of hydrogen-bond donors (Lipinski definition) is 2. The highest BCUT2D eigenvalue weighted by atomic mass is 35.5. The van der Waals surface area contributed by atoms with Crippen molar-refractivity contribution in [3.05, 3.63) is 64.7 Å². The van der Waals surface area contributed by atoms with Crippen molar-refractivity contribution in [2.24, 2.45) is 0 Å². The third kappa shape index (κ3) is 4.05. The van der Waals surface area contributed by atoms with Crippen LogP contribution in [-0.4, -0.2) is 5.91 Å². The van der Waals surface area contributed by atoms with Crippen molar-refractivity contribution >= 4 is 24.0 Å². The number of amides is 1. The number of nitrogens with one attached hydrogen (secondary N) is 1. The Morgan fingerprint density at radius 2 is 1.83 bits per heavy atom. The molecule has 0 bridgehead atoms. The normalized spacial score (nSPS) is 14.3. The molecule has 4 heteroatoms. The summed E-state index contributed by atoms with van der Waals surface area (Å²) in [6.45, 7) is 2.02. The number of nitrogen functional groups attached to an aromatic ring is 1. The van der Waals surface area contributed by atoms with Crippen molar-refractivity contribution in [1.29, 1.82) is 0 Å². The Labute approximate surface area is 143 Å². The van der Waals surface area contributed by atoms with Gasteiger partial charge in [0.2, 0.25) is 0 Å². The number of anilines is 1. The van der Waals surface area contributed by atoms with Crippen LogP contribution in [-0.2, 0) is 12.8 Å². The molecule has 3 nitrogen and oxygen atoms in total. The van der Waals surface area contributed by atoms with Crippen LogP contribution in [0, 0.1) is 0 Å². The van der Waals surface area contributed by atoms with Crippen LogP contribution in [0.4, 0.5) is 5.69 Å². The van der Waals surface area contributed by atoms with Gasteiger partial charge in [0.25, 0.3) is 5.91 Å². The number of halogens is 1. The van der Waals surface area contributed by atoms with Crippen LogP contribution in [0.15, 0.2) is 42.5 Å². The maximum atomic E-state index is 12.3. The van der Waals surface area contributed by atoms with Crippen molar-refractivity contribution < 1.29 is 4.79 Å². The van der Waals surface area contributed by atoms with E-state index in [0.717, 1.165) is 12.0 Å². The fourth-order valence-electron chi connectivity index (χ4n) is 3.07. The Balaban J connectivity index is 0.00000192. The average molecular weight is 331 g/mol. The van der Waals surface area contributed by atoms with E-state index in [1.165, 1.54) is 30.4 Å². The highest BCUT2D eigenvalue weighted by Gasteiger charge is 2.15. The lowest BCUT2D eigenvalue weighted by Gasteiger charge is -2.20. The number of fused-ring (bicyclic) bond motifs is 1. The number of carbonyl (C=O) groups is 1. The molecule has 2 aromatic carbocycles. The predicted molar refractivity (Wildman–Crippen MR) is 97.1 cm³/mol. The molecular formula is C19H23ClN2O. The molecule has 0 saturated carbocycles. The van der Waals surface area contributed by atoms with Crippen LogP contribution in [0.2, 0.25) is 0 Å². The van der Waals surface area contributed by atoms with Crippen LogP contribution >= 0.6 is 12.4 Å². The molecule has 0 aromatic heterocycles. The zero-order chi connectivity index (χ0) is 15.5. The monoisotopic (exact) mass is 330 g/mol. The summed E-state index contributed by atoms with van der Waals surface area (Å²) in [6.07, 6.45) is 4.88. The molecule has 0 fully saturated rings. The van der Waals surface area contributed by atoms with Gasteiger partial charge in [0.1, 0.15) is 0 Å². The molecule has 2 aromatic rings. The molecule has 1 atom stereocenters. The SMILES string of the molecule is CC(NC(=O)c1cccc(N)c1)c1ccc2c(c1)CCCC2.Cl. The first-order valence-corrected chi connectivity index (χ1v) is 7.91. The molecule has 23 heavy (non-hydrogen) atoms. The minimum absolute atomic E-state index is 0. The van der Waals surface area contributed by atoms with Crippen LogP contribution in [0.25, 0.3) is 0 Å². The highest BCUT2D eigenvalue weighted by Crippen LogP contribution is 2.25. The van der Waals surface area contributed by atoms with Crippen LogP contribution in [0.3, 0.4) is 0 Å². The van der Waals surface area contributed by atoms with Crippen LogP contribution in [0.1, 0.15) is 52.9 Å². The summed E-state index contributed by atoms with van der Waals surface area (Å²) in [5.74, 6) is -0.0856. The molecule has 0 aliphatic heterocycles. The van der Waals surface area contributed by atoms with E-state index in [2.05, 4.69) is 23.5 Å². The molecule has 3 N–H and O–H groups in total. The van der Waals surface area contributed by atoms with Gasteiger partial charge in [-0.1, -0.05) is 24.3 Å². The Kier molecular flexibility index (Phi) is 5.67. The average Bonchev–Trinajstić information content (AvgIpc) is 2.54. The van der Waals surface area contributed by atoms with Crippen LogP contribution in [0.5, 0.6) is 0 Å². The highest BCUT2D eigenvalue weighted by molar-refractivity contribution is 5.95. The first-order chi connectivity index (χ1) is 10.6. The standard InChI is InChI=1S/C19H22N2O.ClH/c1-13(21-19(22)17-7-4-8-18(20)12-17)15-10-9-14-5-2-3-6-16(14)11-15;/h4,7-13H,2-3,5-6,20H2,1H3,(H,21,22);1H. The second kappa shape index (κ2) is 7.51. The molecule has 122 valence electrons. The van der Waals surface area contributed by atoms with Gasteiger partial charge in [-0.25, -0.2) is 0 Å². The zero-order valence-corrected chi connectivity index (χ0v) is 14.2. The molecule has 1 amide bonds. The Morgan fingerprint density at radius 1 is 1.09 bits per heavy atom. The van der Waals surface area contributed by atoms with Crippen molar-refractivity contribution in [2.75, 3.05) is 5.73 Å². The van der Waals surface area contributed by atoms with E-state index in [4.69, 9.17) is 5.73 Å². The minimum Gasteiger partial charge on any atom is -0.399 e.